The van der Waals surface area contributed by atoms with Crippen molar-refractivity contribution in [3.05, 3.63) is 6.33 Å². The number of nitrogens with zero attached hydrogens (tertiary/aromatic N) is 6. The van der Waals surface area contributed by atoms with Gasteiger partial charge in [0.15, 0.2) is 5.16 Å². The Kier molecular flexibility index (Phi) is 3.35. The van der Waals surface area contributed by atoms with Crippen LogP contribution in [0.2, 0.25) is 0 Å². The Balaban J connectivity index is 2.29. The summed E-state index contributed by atoms with van der Waals surface area (Å²) >= 11 is 1.24. The van der Waals surface area contributed by atoms with Gasteiger partial charge in [-0.2, -0.15) is 20.1 Å². The van der Waals surface area contributed by atoms with Crippen LogP contribution in [0.1, 0.15) is 0 Å². The average molecular weight is 253 g/mol. The molecule has 0 unspecified atom stereocenters. The standard InChI is InChI=1S/C7H11N9S/c1-16(2)5-11-4(14-8)12-7(13-5)17-6-9-3-10-15-6/h3H,8H2,1-2H3,(H,9,10,15)(H,11,12,13,14). The van der Waals surface area contributed by atoms with Gasteiger partial charge in [0.05, 0.1) is 0 Å². The topological polar surface area (TPSA) is 122 Å². The maximum atomic E-state index is 5.29. The van der Waals surface area contributed by atoms with E-state index < -0.39 is 0 Å². The van der Waals surface area contributed by atoms with Gasteiger partial charge in [-0.05, 0) is 11.8 Å². The highest BCUT2D eigenvalue weighted by Gasteiger charge is 2.09. The van der Waals surface area contributed by atoms with Gasteiger partial charge in [-0.3, -0.25) is 10.5 Å². The smallest absolute Gasteiger partial charge is 0.242 e. The van der Waals surface area contributed by atoms with Crippen molar-refractivity contribution in [3.8, 4) is 0 Å². The van der Waals surface area contributed by atoms with E-state index in [1.54, 1.807) is 4.90 Å². The summed E-state index contributed by atoms with van der Waals surface area (Å²) in [5.41, 5.74) is 2.39. The summed E-state index contributed by atoms with van der Waals surface area (Å²) in [4.78, 5) is 18.2. The van der Waals surface area contributed by atoms with Crippen molar-refractivity contribution in [2.75, 3.05) is 24.4 Å². The minimum absolute atomic E-state index is 0.297. The fourth-order valence-corrected chi connectivity index (χ4v) is 1.62. The lowest BCUT2D eigenvalue weighted by Gasteiger charge is -2.11. The van der Waals surface area contributed by atoms with Crippen molar-refractivity contribution in [2.24, 2.45) is 5.84 Å². The van der Waals surface area contributed by atoms with E-state index in [2.05, 4.69) is 35.6 Å². The monoisotopic (exact) mass is 253 g/mol. The number of anilines is 2. The molecule has 0 amide bonds. The second kappa shape index (κ2) is 4.93. The fourth-order valence-electron chi connectivity index (χ4n) is 0.986. The zero-order chi connectivity index (χ0) is 12.3. The lowest BCUT2D eigenvalue weighted by atomic mass is 10.8. The molecule has 2 aromatic rings. The zero-order valence-electron chi connectivity index (χ0n) is 9.25. The number of nitrogen functional groups attached to an aromatic ring is 1. The van der Waals surface area contributed by atoms with E-state index in [4.69, 9.17) is 5.84 Å². The lowest BCUT2D eigenvalue weighted by molar-refractivity contribution is 0.859. The van der Waals surface area contributed by atoms with Gasteiger partial charge >= 0.3 is 0 Å². The highest BCUT2D eigenvalue weighted by Crippen LogP contribution is 2.22. The summed E-state index contributed by atoms with van der Waals surface area (Å²) in [6.45, 7) is 0. The molecule has 2 aromatic heterocycles. The van der Waals surface area contributed by atoms with E-state index in [-0.39, 0.29) is 0 Å². The molecule has 0 aromatic carbocycles. The van der Waals surface area contributed by atoms with Gasteiger partial charge in [0.25, 0.3) is 0 Å². The van der Waals surface area contributed by atoms with E-state index in [0.717, 1.165) is 0 Å². The van der Waals surface area contributed by atoms with Crippen LogP contribution in [0.4, 0.5) is 11.9 Å². The van der Waals surface area contributed by atoms with Crippen molar-refractivity contribution in [1.29, 1.82) is 0 Å². The zero-order valence-corrected chi connectivity index (χ0v) is 10.1. The molecule has 10 heteroatoms. The SMILES string of the molecule is CN(C)c1nc(NN)nc(Sc2ncn[nH]2)n1. The Morgan fingerprint density at radius 1 is 1.35 bits per heavy atom. The van der Waals surface area contributed by atoms with Crippen molar-refractivity contribution >= 4 is 23.7 Å². The van der Waals surface area contributed by atoms with Crippen LogP contribution in [0.5, 0.6) is 0 Å². The summed E-state index contributed by atoms with van der Waals surface area (Å²) in [6.07, 6.45) is 1.42. The predicted octanol–water partition coefficient (Wildman–Crippen LogP) is -0.508. The van der Waals surface area contributed by atoms with Crippen LogP contribution in [0, 0.1) is 0 Å². The van der Waals surface area contributed by atoms with Gasteiger partial charge in [0.1, 0.15) is 6.33 Å². The van der Waals surface area contributed by atoms with Crippen molar-refractivity contribution < 1.29 is 0 Å². The van der Waals surface area contributed by atoms with Crippen LogP contribution >= 0.6 is 11.8 Å². The molecule has 90 valence electrons. The molecular weight excluding hydrogens is 242 g/mol. The van der Waals surface area contributed by atoms with E-state index in [9.17, 15) is 0 Å². The first-order valence-corrected chi connectivity index (χ1v) is 5.44. The third-order valence-corrected chi connectivity index (χ3v) is 2.47. The Bertz CT molecular complexity index is 482. The molecule has 2 rings (SSSR count). The normalized spacial score (nSPS) is 10.3. The van der Waals surface area contributed by atoms with Gasteiger partial charge < -0.3 is 4.90 Å². The first-order chi connectivity index (χ1) is 8.19. The Hall–Kier alpha value is -1.94. The number of nitrogens with one attached hydrogen (secondary N) is 2. The maximum absolute atomic E-state index is 5.29. The summed E-state index contributed by atoms with van der Waals surface area (Å²) in [5, 5.41) is 7.53. The van der Waals surface area contributed by atoms with E-state index >= 15 is 0 Å². The van der Waals surface area contributed by atoms with Crippen molar-refractivity contribution in [1.82, 2.24) is 30.1 Å². The lowest BCUT2D eigenvalue weighted by Crippen LogP contribution is -2.17. The molecule has 4 N–H and O–H groups in total. The first-order valence-electron chi connectivity index (χ1n) is 4.62. The van der Waals surface area contributed by atoms with Crippen LogP contribution in [-0.2, 0) is 0 Å². The Morgan fingerprint density at radius 3 is 2.76 bits per heavy atom. The molecule has 0 saturated carbocycles. The van der Waals surface area contributed by atoms with E-state index in [1.165, 1.54) is 18.1 Å². The van der Waals surface area contributed by atoms with Crippen LogP contribution in [0.25, 0.3) is 0 Å². The van der Waals surface area contributed by atoms with Gasteiger partial charge in [0.2, 0.25) is 17.1 Å². The number of hydrazine groups is 1. The number of hydrogen-bond donors (Lipinski definition) is 3. The molecule has 0 aliphatic rings. The fraction of sp³-hybridized carbons (Fsp3) is 0.286. The maximum Gasteiger partial charge on any atom is 0.242 e. The summed E-state index contributed by atoms with van der Waals surface area (Å²) in [5.74, 6) is 6.10. The minimum Gasteiger partial charge on any atom is -0.347 e. The number of aromatic amines is 1. The summed E-state index contributed by atoms with van der Waals surface area (Å²) in [6, 6.07) is 0. The largest absolute Gasteiger partial charge is 0.347 e. The highest BCUT2D eigenvalue weighted by molar-refractivity contribution is 7.99. The molecular formula is C7H11N9S. The second-order valence-electron chi connectivity index (χ2n) is 3.17. The molecule has 17 heavy (non-hydrogen) atoms. The number of nitrogens with two attached hydrogens (primary N) is 1. The van der Waals surface area contributed by atoms with Gasteiger partial charge in [0, 0.05) is 14.1 Å². The van der Waals surface area contributed by atoms with Crippen molar-refractivity contribution in [3.63, 3.8) is 0 Å². The second-order valence-corrected chi connectivity index (χ2v) is 4.13. The van der Waals surface area contributed by atoms with Crippen LogP contribution in [0.15, 0.2) is 16.6 Å². The Labute approximate surface area is 101 Å². The minimum atomic E-state index is 0.297. The number of rotatable bonds is 4. The first kappa shape index (κ1) is 11.5. The van der Waals surface area contributed by atoms with Crippen LogP contribution in [-0.4, -0.2) is 44.2 Å². The number of H-pyrrole nitrogens is 1. The molecule has 9 nitrogen and oxygen atoms in total. The quantitative estimate of drug-likeness (QED) is 0.488. The molecule has 2 heterocycles. The van der Waals surface area contributed by atoms with Crippen molar-refractivity contribution in [2.45, 2.75) is 10.3 Å². The third-order valence-electron chi connectivity index (χ3n) is 1.71. The molecule has 0 spiro atoms. The highest BCUT2D eigenvalue weighted by atomic mass is 32.2. The van der Waals surface area contributed by atoms with Gasteiger partial charge in [-0.25, -0.2) is 10.8 Å². The molecule has 0 aliphatic heterocycles. The van der Waals surface area contributed by atoms with Gasteiger partial charge in [-0.1, -0.05) is 0 Å². The molecule has 0 radical (unpaired) electrons. The molecule has 0 aliphatic carbocycles. The van der Waals surface area contributed by atoms with E-state index in [0.29, 0.717) is 22.2 Å². The molecule has 0 fully saturated rings. The Morgan fingerprint density at radius 2 is 2.18 bits per heavy atom. The van der Waals surface area contributed by atoms with E-state index in [1.807, 2.05) is 14.1 Å². The van der Waals surface area contributed by atoms with Gasteiger partial charge in [-0.15, -0.1) is 0 Å². The van der Waals surface area contributed by atoms with Crippen LogP contribution in [0.3, 0.4) is 0 Å². The molecule has 0 bridgehead atoms. The average Bonchev–Trinajstić information content (AvgIpc) is 2.81. The predicted molar refractivity (Wildman–Crippen MR) is 62.5 cm³/mol. The third kappa shape index (κ3) is 2.79. The number of aromatic nitrogens is 6. The summed E-state index contributed by atoms with van der Waals surface area (Å²) in [7, 11) is 3.66. The van der Waals surface area contributed by atoms with Crippen LogP contribution < -0.4 is 16.2 Å². The number of hydrogen-bond acceptors (Lipinski definition) is 9. The molecule has 0 atom stereocenters. The molecule has 0 saturated heterocycles. The summed E-state index contributed by atoms with van der Waals surface area (Å²) < 4.78 is 0.